The first-order chi connectivity index (χ1) is 9.61. The van der Waals surface area contributed by atoms with Crippen molar-refractivity contribution in [1.82, 2.24) is 5.32 Å². The molecule has 0 aromatic heterocycles. The Bertz CT molecular complexity index is 400. The van der Waals surface area contributed by atoms with Crippen LogP contribution in [0, 0.1) is 5.41 Å². The summed E-state index contributed by atoms with van der Waals surface area (Å²) in [4.78, 5) is 12.0. The zero-order chi connectivity index (χ0) is 14.8. The number of carbonyl (C=O) groups is 1. The molecule has 1 aromatic carbocycles. The van der Waals surface area contributed by atoms with Gasteiger partial charge >= 0.3 is 0 Å². The maximum atomic E-state index is 12.0. The lowest BCUT2D eigenvalue weighted by Gasteiger charge is -2.27. The molecule has 20 heavy (non-hydrogen) atoms. The molecule has 0 radical (unpaired) electrons. The van der Waals surface area contributed by atoms with Gasteiger partial charge < -0.3 is 10.1 Å². The second kappa shape index (κ2) is 9.53. The van der Waals surface area contributed by atoms with E-state index in [0.29, 0.717) is 18.7 Å². The average molecular weight is 407 g/mol. The monoisotopic (exact) mass is 405 g/mol. The van der Waals surface area contributed by atoms with Gasteiger partial charge in [-0.3, -0.25) is 4.79 Å². The van der Waals surface area contributed by atoms with Gasteiger partial charge in [0.25, 0.3) is 5.91 Å². The van der Waals surface area contributed by atoms with Crippen LogP contribution in [0.1, 0.15) is 23.7 Å². The normalized spacial score (nSPS) is 13.8. The topological polar surface area (TPSA) is 38.3 Å². The van der Waals surface area contributed by atoms with Gasteiger partial charge in [0.2, 0.25) is 0 Å². The molecule has 1 N–H and O–H groups in total. The minimum absolute atomic E-state index is 0.0433. The Morgan fingerprint density at radius 3 is 2.60 bits per heavy atom. The Hall–Kier alpha value is -0.390. The first-order valence-electron chi connectivity index (χ1n) is 6.64. The number of carbonyl (C=O) groups excluding carboxylic acids is 1. The molecule has 1 amide bonds. The third-order valence-corrected chi connectivity index (χ3v) is 4.82. The number of alkyl halides is 2. The van der Waals surface area contributed by atoms with Crippen molar-refractivity contribution in [2.45, 2.75) is 13.3 Å². The number of nitrogens with one attached hydrogen (secondary N) is 1. The van der Waals surface area contributed by atoms with Crippen molar-refractivity contribution in [3.63, 3.8) is 0 Å². The van der Waals surface area contributed by atoms with Crippen molar-refractivity contribution in [3.8, 4) is 0 Å². The summed E-state index contributed by atoms with van der Waals surface area (Å²) in [6, 6.07) is 9.25. The van der Waals surface area contributed by atoms with E-state index in [2.05, 4.69) is 44.1 Å². The number of halogens is 2. The fourth-order valence-corrected chi connectivity index (χ4v) is 2.19. The first-order valence-corrected chi connectivity index (χ1v) is 8.88. The van der Waals surface area contributed by atoms with Crippen LogP contribution in [0.15, 0.2) is 30.3 Å². The summed E-state index contributed by atoms with van der Waals surface area (Å²) in [7, 11) is 0. The summed E-state index contributed by atoms with van der Waals surface area (Å²) in [5.41, 5.74) is 0.584. The summed E-state index contributed by atoms with van der Waals surface area (Å²) >= 11 is 6.88. The molecular formula is C15H21Br2NO2. The number of amides is 1. The molecule has 0 saturated heterocycles. The van der Waals surface area contributed by atoms with E-state index >= 15 is 0 Å². The van der Waals surface area contributed by atoms with Gasteiger partial charge in [0.1, 0.15) is 0 Å². The average Bonchev–Trinajstić information content (AvgIpc) is 2.50. The quantitative estimate of drug-likeness (QED) is 0.502. The number of benzene rings is 1. The molecule has 1 aromatic rings. The SMILES string of the molecule is CC(CBr)(CNC(=O)c1ccccc1)COCCCBr. The largest absolute Gasteiger partial charge is 0.381 e. The Labute approximate surface area is 137 Å². The highest BCUT2D eigenvalue weighted by atomic mass is 79.9. The third kappa shape index (κ3) is 6.37. The van der Waals surface area contributed by atoms with E-state index in [1.807, 2.05) is 30.3 Å². The van der Waals surface area contributed by atoms with Crippen LogP contribution >= 0.6 is 31.9 Å². The number of hydrogen-bond acceptors (Lipinski definition) is 2. The van der Waals surface area contributed by atoms with Gasteiger partial charge in [0.05, 0.1) is 6.61 Å². The zero-order valence-corrected chi connectivity index (χ0v) is 14.9. The molecule has 1 unspecified atom stereocenters. The predicted octanol–water partition coefficient (Wildman–Crippen LogP) is 3.62. The van der Waals surface area contributed by atoms with Gasteiger partial charge in [-0.2, -0.15) is 0 Å². The highest BCUT2D eigenvalue weighted by Crippen LogP contribution is 2.19. The minimum Gasteiger partial charge on any atom is -0.381 e. The van der Waals surface area contributed by atoms with Gasteiger partial charge in [0.15, 0.2) is 0 Å². The summed E-state index contributed by atoms with van der Waals surface area (Å²) in [6.07, 6.45) is 0.995. The van der Waals surface area contributed by atoms with Crippen molar-refractivity contribution >= 4 is 37.8 Å². The molecular weight excluding hydrogens is 386 g/mol. The summed E-state index contributed by atoms with van der Waals surface area (Å²) in [5.74, 6) is -0.0433. The second-order valence-electron chi connectivity index (χ2n) is 5.09. The fraction of sp³-hybridized carbons (Fsp3) is 0.533. The molecule has 5 heteroatoms. The molecule has 0 aliphatic rings. The lowest BCUT2D eigenvalue weighted by Crippen LogP contribution is -2.40. The van der Waals surface area contributed by atoms with Crippen LogP contribution in [-0.2, 0) is 4.74 Å². The zero-order valence-electron chi connectivity index (χ0n) is 11.7. The third-order valence-electron chi connectivity index (χ3n) is 2.91. The number of ether oxygens (including phenoxy) is 1. The van der Waals surface area contributed by atoms with E-state index in [-0.39, 0.29) is 11.3 Å². The van der Waals surface area contributed by atoms with E-state index in [0.717, 1.165) is 23.7 Å². The number of hydrogen-bond donors (Lipinski definition) is 1. The maximum Gasteiger partial charge on any atom is 0.251 e. The Balaban J connectivity index is 2.41. The molecule has 0 aliphatic heterocycles. The van der Waals surface area contributed by atoms with E-state index in [4.69, 9.17) is 4.74 Å². The van der Waals surface area contributed by atoms with Crippen LogP contribution in [-0.4, -0.2) is 36.3 Å². The van der Waals surface area contributed by atoms with Crippen molar-refractivity contribution < 1.29 is 9.53 Å². The van der Waals surface area contributed by atoms with Gasteiger partial charge in [0, 0.05) is 34.8 Å². The second-order valence-corrected chi connectivity index (χ2v) is 6.44. The van der Waals surface area contributed by atoms with E-state index in [1.54, 1.807) is 0 Å². The summed E-state index contributed by atoms with van der Waals surface area (Å²) in [5, 5.41) is 4.70. The molecule has 0 heterocycles. The van der Waals surface area contributed by atoms with Gasteiger partial charge in [-0.25, -0.2) is 0 Å². The summed E-state index contributed by atoms with van der Waals surface area (Å²) in [6.45, 7) is 4.04. The lowest BCUT2D eigenvalue weighted by molar-refractivity contribution is 0.0630. The highest BCUT2D eigenvalue weighted by Gasteiger charge is 2.24. The molecule has 0 bridgehead atoms. The van der Waals surface area contributed by atoms with Crippen molar-refractivity contribution in [3.05, 3.63) is 35.9 Å². The summed E-state index contributed by atoms with van der Waals surface area (Å²) < 4.78 is 5.66. The van der Waals surface area contributed by atoms with Crippen LogP contribution < -0.4 is 5.32 Å². The Morgan fingerprint density at radius 2 is 2.00 bits per heavy atom. The molecule has 0 spiro atoms. The molecule has 0 fully saturated rings. The first kappa shape index (κ1) is 17.7. The van der Waals surface area contributed by atoms with E-state index in [1.165, 1.54) is 0 Å². The van der Waals surface area contributed by atoms with E-state index in [9.17, 15) is 4.79 Å². The minimum atomic E-state index is -0.100. The lowest BCUT2D eigenvalue weighted by atomic mass is 9.94. The van der Waals surface area contributed by atoms with Crippen molar-refractivity contribution in [1.29, 1.82) is 0 Å². The van der Waals surface area contributed by atoms with Crippen LogP contribution in [0.2, 0.25) is 0 Å². The molecule has 1 atom stereocenters. The molecule has 1 rings (SSSR count). The van der Waals surface area contributed by atoms with E-state index < -0.39 is 0 Å². The van der Waals surface area contributed by atoms with Crippen LogP contribution in [0.5, 0.6) is 0 Å². The molecule has 0 saturated carbocycles. The van der Waals surface area contributed by atoms with Crippen LogP contribution in [0.4, 0.5) is 0 Å². The molecule has 0 aliphatic carbocycles. The van der Waals surface area contributed by atoms with Gasteiger partial charge in [-0.05, 0) is 18.6 Å². The van der Waals surface area contributed by atoms with Gasteiger partial charge in [-0.1, -0.05) is 57.0 Å². The standard InChI is InChI=1S/C15H21Br2NO2/c1-15(10-17,12-20-9-5-8-16)11-18-14(19)13-6-3-2-4-7-13/h2-4,6-7H,5,8-12H2,1H3,(H,18,19). The smallest absolute Gasteiger partial charge is 0.251 e. The Kier molecular flexibility index (Phi) is 8.41. The van der Waals surface area contributed by atoms with Crippen LogP contribution in [0.3, 0.4) is 0 Å². The molecule has 3 nitrogen and oxygen atoms in total. The van der Waals surface area contributed by atoms with Crippen molar-refractivity contribution in [2.75, 3.05) is 30.4 Å². The van der Waals surface area contributed by atoms with Crippen molar-refractivity contribution in [2.24, 2.45) is 5.41 Å². The maximum absolute atomic E-state index is 12.0. The molecule has 112 valence electrons. The number of rotatable bonds is 9. The predicted molar refractivity (Wildman–Crippen MR) is 89.9 cm³/mol. The highest BCUT2D eigenvalue weighted by molar-refractivity contribution is 9.09. The van der Waals surface area contributed by atoms with Crippen LogP contribution in [0.25, 0.3) is 0 Å². The fourth-order valence-electron chi connectivity index (χ4n) is 1.60. The van der Waals surface area contributed by atoms with Gasteiger partial charge in [-0.15, -0.1) is 0 Å². The Morgan fingerprint density at radius 1 is 1.30 bits per heavy atom.